The van der Waals surface area contributed by atoms with Crippen molar-refractivity contribution in [3.05, 3.63) is 106 Å². The van der Waals surface area contributed by atoms with Crippen molar-refractivity contribution in [2.45, 2.75) is 33.5 Å². The topological polar surface area (TPSA) is 90.9 Å². The molecule has 0 aliphatic rings. The molecule has 5 aromatic rings. The first-order chi connectivity index (χ1) is 17.4. The third-order valence-corrected chi connectivity index (χ3v) is 6.09. The number of imidazole rings is 1. The van der Waals surface area contributed by atoms with Crippen LogP contribution in [0.3, 0.4) is 0 Å². The van der Waals surface area contributed by atoms with E-state index >= 15 is 0 Å². The molecule has 0 fully saturated rings. The van der Waals surface area contributed by atoms with Crippen LogP contribution < -0.4 is 16.6 Å². The number of fused-ring (bicyclic) bond motifs is 2. The molecular weight excluding hydrogens is 454 g/mol. The Morgan fingerprint density at radius 1 is 0.917 bits per heavy atom. The smallest absolute Gasteiger partial charge is 0.324 e. The molecule has 0 saturated carbocycles. The first-order valence-corrected chi connectivity index (χ1v) is 11.9. The van der Waals surface area contributed by atoms with Crippen molar-refractivity contribution < 1.29 is 4.79 Å². The van der Waals surface area contributed by atoms with Crippen LogP contribution in [0.4, 0.5) is 5.69 Å². The Bertz CT molecular complexity index is 1670. The SMILES string of the molecule is CC(C)Cn1cnc2c1c(=O)n(CC(=O)Nc1cccc3ccccc13)c(=O)n2Cc1ccccc1. The Balaban J connectivity index is 1.58. The monoisotopic (exact) mass is 481 g/mol. The van der Waals surface area contributed by atoms with Gasteiger partial charge in [-0.3, -0.25) is 14.2 Å². The Morgan fingerprint density at radius 3 is 2.42 bits per heavy atom. The average Bonchev–Trinajstić information content (AvgIpc) is 3.28. The van der Waals surface area contributed by atoms with Crippen LogP contribution in [-0.2, 0) is 24.4 Å². The number of nitrogens with one attached hydrogen (secondary N) is 1. The van der Waals surface area contributed by atoms with E-state index in [0.717, 1.165) is 20.9 Å². The van der Waals surface area contributed by atoms with Gasteiger partial charge in [0.05, 0.1) is 12.9 Å². The van der Waals surface area contributed by atoms with Gasteiger partial charge in [-0.05, 0) is 22.9 Å². The van der Waals surface area contributed by atoms with Crippen molar-refractivity contribution in [1.29, 1.82) is 0 Å². The first-order valence-electron chi connectivity index (χ1n) is 11.9. The van der Waals surface area contributed by atoms with Gasteiger partial charge < -0.3 is 9.88 Å². The van der Waals surface area contributed by atoms with E-state index < -0.39 is 23.7 Å². The fourth-order valence-electron chi connectivity index (χ4n) is 4.49. The number of anilines is 1. The summed E-state index contributed by atoms with van der Waals surface area (Å²) in [6.07, 6.45) is 1.59. The van der Waals surface area contributed by atoms with E-state index in [0.29, 0.717) is 23.4 Å². The summed E-state index contributed by atoms with van der Waals surface area (Å²) >= 11 is 0. The normalized spacial score (nSPS) is 11.4. The van der Waals surface area contributed by atoms with Crippen molar-refractivity contribution >= 4 is 33.5 Å². The molecule has 8 nitrogen and oxygen atoms in total. The van der Waals surface area contributed by atoms with Gasteiger partial charge in [0.25, 0.3) is 5.56 Å². The molecule has 182 valence electrons. The molecule has 2 heterocycles. The number of amides is 1. The van der Waals surface area contributed by atoms with Crippen LogP contribution in [0.15, 0.2) is 88.7 Å². The van der Waals surface area contributed by atoms with Crippen LogP contribution in [0.1, 0.15) is 19.4 Å². The van der Waals surface area contributed by atoms with Gasteiger partial charge in [0, 0.05) is 17.6 Å². The van der Waals surface area contributed by atoms with Gasteiger partial charge in [-0.15, -0.1) is 0 Å². The number of carbonyl (C=O) groups is 1. The number of hydrogen-bond donors (Lipinski definition) is 1. The van der Waals surface area contributed by atoms with E-state index in [-0.39, 0.29) is 12.5 Å². The number of carbonyl (C=O) groups excluding carboxylic acids is 1. The number of hydrogen-bond acceptors (Lipinski definition) is 4. The molecule has 5 rings (SSSR count). The van der Waals surface area contributed by atoms with Crippen LogP contribution in [0.2, 0.25) is 0 Å². The van der Waals surface area contributed by atoms with Crippen molar-refractivity contribution in [3.8, 4) is 0 Å². The van der Waals surface area contributed by atoms with Gasteiger partial charge in [0.2, 0.25) is 5.91 Å². The van der Waals surface area contributed by atoms with E-state index in [2.05, 4.69) is 10.3 Å². The molecule has 0 spiro atoms. The maximum absolute atomic E-state index is 13.5. The highest BCUT2D eigenvalue weighted by Crippen LogP contribution is 2.23. The molecule has 0 saturated heterocycles. The number of aromatic nitrogens is 4. The molecule has 0 aliphatic heterocycles. The fourth-order valence-corrected chi connectivity index (χ4v) is 4.49. The summed E-state index contributed by atoms with van der Waals surface area (Å²) in [5.41, 5.74) is 1.06. The van der Waals surface area contributed by atoms with E-state index in [4.69, 9.17) is 0 Å². The van der Waals surface area contributed by atoms with Crippen molar-refractivity contribution in [2.24, 2.45) is 5.92 Å². The third kappa shape index (κ3) is 4.45. The molecule has 1 amide bonds. The van der Waals surface area contributed by atoms with Gasteiger partial charge in [-0.1, -0.05) is 80.6 Å². The lowest BCUT2D eigenvalue weighted by Crippen LogP contribution is -2.43. The molecule has 2 aromatic heterocycles. The summed E-state index contributed by atoms with van der Waals surface area (Å²) in [4.78, 5) is 44.6. The lowest BCUT2D eigenvalue weighted by Gasteiger charge is -2.14. The Morgan fingerprint density at radius 2 is 1.64 bits per heavy atom. The van der Waals surface area contributed by atoms with Gasteiger partial charge in [-0.25, -0.2) is 14.3 Å². The predicted molar refractivity (Wildman–Crippen MR) is 141 cm³/mol. The highest BCUT2D eigenvalue weighted by molar-refractivity contribution is 6.02. The zero-order valence-corrected chi connectivity index (χ0v) is 20.2. The van der Waals surface area contributed by atoms with Crippen LogP contribution in [0.25, 0.3) is 21.9 Å². The Labute approximate surface area is 207 Å². The minimum Gasteiger partial charge on any atom is -0.324 e. The summed E-state index contributed by atoms with van der Waals surface area (Å²) in [6.45, 7) is 4.49. The summed E-state index contributed by atoms with van der Waals surface area (Å²) in [5.74, 6) is -0.189. The first kappa shape index (κ1) is 23.3. The lowest BCUT2D eigenvalue weighted by atomic mass is 10.1. The second-order valence-corrected chi connectivity index (χ2v) is 9.28. The molecule has 0 unspecified atom stereocenters. The maximum Gasteiger partial charge on any atom is 0.333 e. The van der Waals surface area contributed by atoms with Gasteiger partial charge >= 0.3 is 5.69 Å². The van der Waals surface area contributed by atoms with E-state index in [1.807, 2.05) is 80.6 Å². The third-order valence-electron chi connectivity index (χ3n) is 6.09. The fraction of sp³-hybridized carbons (Fsp3) is 0.214. The Kier molecular flexibility index (Phi) is 6.25. The quantitative estimate of drug-likeness (QED) is 0.382. The molecule has 1 N–H and O–H groups in total. The van der Waals surface area contributed by atoms with E-state index in [1.165, 1.54) is 4.57 Å². The minimum absolute atomic E-state index is 0.236. The van der Waals surface area contributed by atoms with Crippen LogP contribution in [-0.4, -0.2) is 24.6 Å². The van der Waals surface area contributed by atoms with Crippen LogP contribution in [0.5, 0.6) is 0 Å². The summed E-state index contributed by atoms with van der Waals surface area (Å²) in [5, 5.41) is 4.74. The summed E-state index contributed by atoms with van der Waals surface area (Å²) < 4.78 is 4.24. The number of nitrogens with zero attached hydrogens (tertiary/aromatic N) is 4. The maximum atomic E-state index is 13.5. The van der Waals surface area contributed by atoms with E-state index in [9.17, 15) is 14.4 Å². The van der Waals surface area contributed by atoms with Crippen molar-refractivity contribution in [2.75, 3.05) is 5.32 Å². The molecule has 3 aromatic carbocycles. The minimum atomic E-state index is -0.570. The average molecular weight is 482 g/mol. The highest BCUT2D eigenvalue weighted by atomic mass is 16.2. The molecule has 8 heteroatoms. The highest BCUT2D eigenvalue weighted by Gasteiger charge is 2.20. The second kappa shape index (κ2) is 9.65. The second-order valence-electron chi connectivity index (χ2n) is 9.28. The predicted octanol–water partition coefficient (Wildman–Crippen LogP) is 3.86. The summed E-state index contributed by atoms with van der Waals surface area (Å²) in [6, 6.07) is 22.8. The zero-order chi connectivity index (χ0) is 25.2. The van der Waals surface area contributed by atoms with Gasteiger partial charge in [0.1, 0.15) is 6.54 Å². The molecule has 0 atom stereocenters. The summed E-state index contributed by atoms with van der Waals surface area (Å²) in [7, 11) is 0. The molecule has 36 heavy (non-hydrogen) atoms. The van der Waals surface area contributed by atoms with Gasteiger partial charge in [0.15, 0.2) is 11.2 Å². The molecule has 0 aliphatic carbocycles. The molecule has 0 radical (unpaired) electrons. The largest absolute Gasteiger partial charge is 0.333 e. The molecular formula is C28H27N5O3. The standard InChI is InChI=1S/C28H27N5O3/c1-19(2)15-31-18-29-26-25(31)27(35)33(28(36)32(26)16-20-9-4-3-5-10-20)17-24(34)30-23-14-8-12-21-11-6-7-13-22(21)23/h3-14,18-19H,15-17H2,1-2H3,(H,30,34). The molecule has 0 bridgehead atoms. The van der Waals surface area contributed by atoms with Crippen LogP contribution in [0, 0.1) is 5.92 Å². The van der Waals surface area contributed by atoms with Crippen LogP contribution >= 0.6 is 0 Å². The number of benzene rings is 3. The number of rotatable bonds is 7. The van der Waals surface area contributed by atoms with Gasteiger partial charge in [-0.2, -0.15) is 0 Å². The Hall–Kier alpha value is -4.46. The van der Waals surface area contributed by atoms with Crippen molar-refractivity contribution in [3.63, 3.8) is 0 Å². The van der Waals surface area contributed by atoms with Crippen molar-refractivity contribution in [1.82, 2.24) is 18.7 Å². The van der Waals surface area contributed by atoms with E-state index in [1.54, 1.807) is 17.0 Å². The lowest BCUT2D eigenvalue weighted by molar-refractivity contribution is -0.116. The zero-order valence-electron chi connectivity index (χ0n) is 20.2.